The monoisotopic (exact) mass is 626 g/mol. The van der Waals surface area contributed by atoms with Gasteiger partial charge >= 0.3 is 6.18 Å². The number of halogens is 4. The molecule has 0 unspecified atom stereocenters. The second-order valence-electron chi connectivity index (χ2n) is 11.8. The van der Waals surface area contributed by atoms with Gasteiger partial charge in [-0.25, -0.2) is 27.5 Å². The van der Waals surface area contributed by atoms with Gasteiger partial charge in [0.1, 0.15) is 11.4 Å². The van der Waals surface area contributed by atoms with E-state index in [4.69, 9.17) is 0 Å². The molecule has 0 bridgehead atoms. The fourth-order valence-electron chi connectivity index (χ4n) is 5.23. The van der Waals surface area contributed by atoms with E-state index in [0.29, 0.717) is 18.2 Å². The lowest BCUT2D eigenvalue weighted by Crippen LogP contribution is -2.58. The highest BCUT2D eigenvalue weighted by atomic mass is 32.2. The first-order chi connectivity index (χ1) is 20.1. The minimum absolute atomic E-state index is 0.0131. The Balaban J connectivity index is 1.26. The van der Waals surface area contributed by atoms with E-state index in [1.807, 2.05) is 0 Å². The van der Waals surface area contributed by atoms with Crippen molar-refractivity contribution in [1.82, 2.24) is 34.7 Å². The molecule has 3 aromatic rings. The van der Waals surface area contributed by atoms with E-state index >= 15 is 4.39 Å². The number of benzene rings is 1. The number of rotatable bonds is 10. The van der Waals surface area contributed by atoms with Gasteiger partial charge in [0, 0.05) is 44.1 Å². The summed E-state index contributed by atoms with van der Waals surface area (Å²) in [6, 6.07) is 3.17. The van der Waals surface area contributed by atoms with Crippen LogP contribution in [0.25, 0.3) is 11.3 Å². The normalized spacial score (nSPS) is 17.7. The van der Waals surface area contributed by atoms with Crippen molar-refractivity contribution < 1.29 is 31.1 Å². The van der Waals surface area contributed by atoms with Crippen molar-refractivity contribution in [3.63, 3.8) is 0 Å². The summed E-state index contributed by atoms with van der Waals surface area (Å²) in [5.74, 6) is -1.30. The predicted molar refractivity (Wildman–Crippen MR) is 150 cm³/mol. The summed E-state index contributed by atoms with van der Waals surface area (Å²) in [5.41, 5.74) is -2.61. The van der Waals surface area contributed by atoms with Gasteiger partial charge in [-0.2, -0.15) is 18.3 Å². The van der Waals surface area contributed by atoms with Crippen molar-refractivity contribution in [3.05, 3.63) is 48.2 Å². The molecule has 1 spiro atoms. The number of anilines is 2. The van der Waals surface area contributed by atoms with E-state index in [1.54, 1.807) is 0 Å². The number of hydrogen-bond donors (Lipinski definition) is 4. The lowest BCUT2D eigenvalue weighted by Gasteiger charge is -2.48. The largest absolute Gasteiger partial charge is 0.419 e. The predicted octanol–water partition coefficient (Wildman–Crippen LogP) is 2.98. The van der Waals surface area contributed by atoms with Crippen LogP contribution in [-0.2, 0) is 22.7 Å². The van der Waals surface area contributed by atoms with E-state index in [-0.39, 0.29) is 35.2 Å². The third-order valence-corrected chi connectivity index (χ3v) is 9.14. The van der Waals surface area contributed by atoms with Crippen molar-refractivity contribution >= 4 is 21.7 Å². The third kappa shape index (κ3) is 7.49. The van der Waals surface area contributed by atoms with Crippen molar-refractivity contribution in [3.8, 4) is 11.3 Å². The van der Waals surface area contributed by atoms with Crippen molar-refractivity contribution in [2.24, 2.45) is 5.41 Å². The zero-order valence-electron chi connectivity index (χ0n) is 23.7. The molecule has 2 aromatic heterocycles. The topological polar surface area (TPSA) is 137 Å². The Hall–Kier alpha value is -3.18. The van der Waals surface area contributed by atoms with Gasteiger partial charge in [-0.3, -0.25) is 4.68 Å². The van der Waals surface area contributed by atoms with Crippen LogP contribution in [0.3, 0.4) is 0 Å². The number of piperidine rings is 1. The van der Waals surface area contributed by atoms with Crippen molar-refractivity contribution in [2.75, 3.05) is 44.6 Å². The molecular formula is C27H34F4N8O3S. The number of aromatic nitrogens is 4. The summed E-state index contributed by atoms with van der Waals surface area (Å²) in [7, 11) is -4.00. The maximum absolute atomic E-state index is 15.0. The maximum Gasteiger partial charge on any atom is 0.419 e. The Kier molecular flexibility index (Phi) is 8.52. The van der Waals surface area contributed by atoms with Crippen LogP contribution in [0.2, 0.25) is 0 Å². The number of alkyl halides is 3. The SMILES string of the molecule is CC(C)(O)Cn1cc(-c2nc(Nc3ccc(S(=O)(=O)NCCN4CCC5(CC4)CNC5)cc3F)ncc2C(F)(F)F)cn1. The molecule has 0 aliphatic carbocycles. The highest BCUT2D eigenvalue weighted by Crippen LogP contribution is 2.37. The molecule has 2 aliphatic heterocycles. The van der Waals surface area contributed by atoms with Crippen LogP contribution < -0.4 is 15.4 Å². The number of nitrogens with one attached hydrogen (secondary N) is 3. The van der Waals surface area contributed by atoms with Crippen LogP contribution in [0.4, 0.5) is 29.2 Å². The first-order valence-electron chi connectivity index (χ1n) is 13.8. The minimum Gasteiger partial charge on any atom is -0.389 e. The van der Waals surface area contributed by atoms with Crippen LogP contribution >= 0.6 is 0 Å². The first kappa shape index (κ1) is 31.3. The molecule has 0 atom stereocenters. The Bertz CT molecular complexity index is 1560. The number of sulfonamides is 1. The Morgan fingerprint density at radius 2 is 1.86 bits per heavy atom. The average molecular weight is 627 g/mol. The third-order valence-electron chi connectivity index (χ3n) is 7.68. The number of nitrogens with zero attached hydrogens (tertiary/aromatic N) is 5. The highest BCUT2D eigenvalue weighted by molar-refractivity contribution is 7.89. The van der Waals surface area contributed by atoms with Crippen LogP contribution in [0.15, 0.2) is 41.7 Å². The van der Waals surface area contributed by atoms with Gasteiger partial charge in [0.2, 0.25) is 16.0 Å². The summed E-state index contributed by atoms with van der Waals surface area (Å²) in [6.45, 7) is 7.65. The molecule has 2 saturated heterocycles. The highest BCUT2D eigenvalue weighted by Gasteiger charge is 2.39. The Labute approximate surface area is 246 Å². The number of hydrogen-bond acceptors (Lipinski definition) is 9. The van der Waals surface area contributed by atoms with Crippen LogP contribution in [0.1, 0.15) is 32.3 Å². The van der Waals surface area contributed by atoms with E-state index in [9.17, 15) is 26.7 Å². The zero-order chi connectivity index (χ0) is 31.0. The second kappa shape index (κ2) is 11.7. The summed E-state index contributed by atoms with van der Waals surface area (Å²) in [5, 5.41) is 19.8. The van der Waals surface area contributed by atoms with E-state index < -0.39 is 38.9 Å². The molecule has 4 N–H and O–H groups in total. The fraction of sp³-hybridized carbons (Fsp3) is 0.519. The molecule has 4 heterocycles. The van der Waals surface area contributed by atoms with Gasteiger partial charge in [-0.05, 0) is 63.4 Å². The smallest absolute Gasteiger partial charge is 0.389 e. The molecule has 1 aromatic carbocycles. The Morgan fingerprint density at radius 1 is 1.14 bits per heavy atom. The van der Waals surface area contributed by atoms with Gasteiger partial charge in [0.15, 0.2) is 0 Å². The molecule has 2 fully saturated rings. The van der Waals surface area contributed by atoms with Crippen LogP contribution in [0.5, 0.6) is 0 Å². The van der Waals surface area contributed by atoms with E-state index in [1.165, 1.54) is 37.0 Å². The molecule has 16 heteroatoms. The average Bonchev–Trinajstić information content (AvgIpc) is 3.35. The van der Waals surface area contributed by atoms with E-state index in [2.05, 4.69) is 35.3 Å². The standard InChI is InChI=1S/C27H34F4N8O3S/c1-25(2,40)17-39-14-18(12-34-39)23-20(27(29,30)31)13-33-24(37-23)36-22-4-3-19(11-21(22)28)43(41,42)35-7-10-38-8-5-26(6-9-38)15-32-16-26/h3-4,11-14,32,35,40H,5-10,15-17H2,1-2H3,(H,33,36,37). The van der Waals surface area contributed by atoms with Gasteiger partial charge in [0.05, 0.1) is 34.6 Å². The van der Waals surface area contributed by atoms with Crippen molar-refractivity contribution in [1.29, 1.82) is 0 Å². The second-order valence-corrected chi connectivity index (χ2v) is 13.6. The molecule has 0 saturated carbocycles. The van der Waals surface area contributed by atoms with Gasteiger partial charge in [-0.1, -0.05) is 0 Å². The van der Waals surface area contributed by atoms with Gasteiger partial charge in [0.25, 0.3) is 0 Å². The van der Waals surface area contributed by atoms with Gasteiger partial charge < -0.3 is 20.6 Å². The molecular weight excluding hydrogens is 592 g/mol. The summed E-state index contributed by atoms with van der Waals surface area (Å²) in [4.78, 5) is 9.57. The van der Waals surface area contributed by atoms with E-state index in [0.717, 1.165) is 51.2 Å². The molecule has 2 aliphatic rings. The minimum atomic E-state index is -4.79. The molecule has 11 nitrogen and oxygen atoms in total. The number of likely N-dealkylation sites (tertiary alicyclic amines) is 1. The van der Waals surface area contributed by atoms with Crippen LogP contribution in [0, 0.1) is 11.2 Å². The maximum atomic E-state index is 15.0. The van der Waals surface area contributed by atoms with Crippen LogP contribution in [-0.4, -0.2) is 83.0 Å². The quantitative estimate of drug-likeness (QED) is 0.251. The number of aliphatic hydroxyl groups is 1. The molecule has 43 heavy (non-hydrogen) atoms. The summed E-state index contributed by atoms with van der Waals surface area (Å²) < 4.78 is 85.6. The Morgan fingerprint density at radius 3 is 2.47 bits per heavy atom. The summed E-state index contributed by atoms with van der Waals surface area (Å²) in [6.07, 6.45) is 0.410. The molecule has 234 valence electrons. The molecule has 0 amide bonds. The zero-order valence-corrected chi connectivity index (χ0v) is 24.6. The molecule has 5 rings (SSSR count). The van der Waals surface area contributed by atoms with Gasteiger partial charge in [-0.15, -0.1) is 0 Å². The van der Waals surface area contributed by atoms with Crippen molar-refractivity contribution in [2.45, 2.75) is 49.9 Å². The molecule has 0 radical (unpaired) electrons. The first-order valence-corrected chi connectivity index (χ1v) is 15.3. The fourth-order valence-corrected chi connectivity index (χ4v) is 6.26. The lowest BCUT2D eigenvalue weighted by atomic mass is 9.73. The lowest BCUT2D eigenvalue weighted by molar-refractivity contribution is -0.137. The summed E-state index contributed by atoms with van der Waals surface area (Å²) >= 11 is 0.